The van der Waals surface area contributed by atoms with Crippen LogP contribution in [0, 0.1) is 18.3 Å². The van der Waals surface area contributed by atoms with Gasteiger partial charge in [0, 0.05) is 29.5 Å². The van der Waals surface area contributed by atoms with Gasteiger partial charge in [-0.3, -0.25) is 9.78 Å². The highest BCUT2D eigenvalue weighted by Gasteiger charge is 2.25. The van der Waals surface area contributed by atoms with Crippen LogP contribution < -0.4 is 5.73 Å². The molecule has 3 aromatic heterocycles. The molecule has 4 aromatic rings. The monoisotopic (exact) mass is 423 g/mol. The lowest BCUT2D eigenvalue weighted by Gasteiger charge is -2.28. The van der Waals surface area contributed by atoms with Gasteiger partial charge in [-0.05, 0) is 61.9 Å². The van der Waals surface area contributed by atoms with Crippen molar-refractivity contribution in [2.75, 3.05) is 5.73 Å². The maximum absolute atomic E-state index is 13.6. The summed E-state index contributed by atoms with van der Waals surface area (Å²) in [4.78, 5) is 32.7. The Morgan fingerprint density at radius 2 is 1.91 bits per heavy atom. The molecular formula is C24H21N7O. The van der Waals surface area contributed by atoms with Crippen LogP contribution in [0.2, 0.25) is 0 Å². The summed E-state index contributed by atoms with van der Waals surface area (Å²) in [6, 6.07) is 14.0. The second-order valence-electron chi connectivity index (χ2n) is 7.46. The fourth-order valence-electron chi connectivity index (χ4n) is 3.46. The van der Waals surface area contributed by atoms with Crippen molar-refractivity contribution in [3.63, 3.8) is 0 Å². The van der Waals surface area contributed by atoms with Gasteiger partial charge in [-0.15, -0.1) is 0 Å². The number of hydrogen-bond acceptors (Lipinski definition) is 7. The predicted molar refractivity (Wildman–Crippen MR) is 120 cm³/mol. The van der Waals surface area contributed by atoms with Crippen LogP contribution in [0.25, 0.3) is 10.9 Å². The molecule has 32 heavy (non-hydrogen) atoms. The Morgan fingerprint density at radius 3 is 2.66 bits per heavy atom. The van der Waals surface area contributed by atoms with Gasteiger partial charge in [0.1, 0.15) is 11.6 Å². The molecule has 0 saturated heterocycles. The number of benzene rings is 1. The highest BCUT2D eigenvalue weighted by molar-refractivity contribution is 5.98. The quantitative estimate of drug-likeness (QED) is 0.520. The van der Waals surface area contributed by atoms with Gasteiger partial charge in [-0.1, -0.05) is 0 Å². The summed E-state index contributed by atoms with van der Waals surface area (Å²) in [6.45, 7) is 3.95. The van der Waals surface area contributed by atoms with Gasteiger partial charge in [0.25, 0.3) is 5.91 Å². The molecule has 1 aromatic carbocycles. The van der Waals surface area contributed by atoms with Crippen LogP contribution in [0.4, 0.5) is 5.82 Å². The van der Waals surface area contributed by atoms with Crippen LogP contribution in [0.5, 0.6) is 0 Å². The summed E-state index contributed by atoms with van der Waals surface area (Å²) in [6.07, 6.45) is 4.85. The second-order valence-corrected chi connectivity index (χ2v) is 7.46. The number of carbonyl (C=O) groups is 1. The number of fused-ring (bicyclic) bond motifs is 1. The van der Waals surface area contributed by atoms with Gasteiger partial charge in [-0.2, -0.15) is 5.26 Å². The van der Waals surface area contributed by atoms with Gasteiger partial charge in [0.2, 0.25) is 0 Å². The fourth-order valence-corrected chi connectivity index (χ4v) is 3.46. The molecule has 1 amide bonds. The molecule has 0 unspecified atom stereocenters. The standard InChI is InChI=1S/C24H21N7O/c1-15-10-19-12-18(4-5-21(19)30-22(15)26)24(32)31(16(2)23-28-7-3-8-29-23)14-20-11-17(13-25)6-9-27-20/h3-12,16H,14H2,1-2H3,(H2,26,30)/t16-/m1/s1. The zero-order valence-electron chi connectivity index (χ0n) is 17.7. The predicted octanol–water partition coefficient (Wildman–Crippen LogP) is 3.59. The maximum Gasteiger partial charge on any atom is 0.254 e. The Bertz CT molecular complexity index is 1330. The van der Waals surface area contributed by atoms with Crippen LogP contribution in [-0.2, 0) is 6.54 Å². The number of nitriles is 1. The van der Waals surface area contributed by atoms with Gasteiger partial charge >= 0.3 is 0 Å². The van der Waals surface area contributed by atoms with E-state index < -0.39 is 6.04 Å². The van der Waals surface area contributed by atoms with E-state index in [0.29, 0.717) is 28.5 Å². The van der Waals surface area contributed by atoms with Crippen molar-refractivity contribution in [3.8, 4) is 6.07 Å². The van der Waals surface area contributed by atoms with Gasteiger partial charge in [-0.25, -0.2) is 15.0 Å². The van der Waals surface area contributed by atoms with E-state index in [1.807, 2.05) is 26.0 Å². The van der Waals surface area contributed by atoms with Crippen molar-refractivity contribution >= 4 is 22.6 Å². The number of nitrogens with two attached hydrogens (primary N) is 1. The number of nitrogen functional groups attached to an aromatic ring is 1. The van der Waals surface area contributed by atoms with E-state index >= 15 is 0 Å². The minimum Gasteiger partial charge on any atom is -0.383 e. The lowest BCUT2D eigenvalue weighted by Crippen LogP contribution is -2.34. The van der Waals surface area contributed by atoms with Gasteiger partial charge in [0.05, 0.1) is 35.4 Å². The van der Waals surface area contributed by atoms with Crippen molar-refractivity contribution < 1.29 is 4.79 Å². The highest BCUT2D eigenvalue weighted by atomic mass is 16.2. The number of anilines is 1. The molecule has 0 fully saturated rings. The molecule has 8 heteroatoms. The number of aromatic nitrogens is 4. The fraction of sp³-hybridized carbons (Fsp3) is 0.167. The zero-order chi connectivity index (χ0) is 22.7. The van der Waals surface area contributed by atoms with Crippen molar-refractivity contribution in [1.29, 1.82) is 5.26 Å². The normalized spacial score (nSPS) is 11.7. The third-order valence-corrected chi connectivity index (χ3v) is 5.26. The maximum atomic E-state index is 13.6. The smallest absolute Gasteiger partial charge is 0.254 e. The molecule has 0 aliphatic rings. The first-order valence-corrected chi connectivity index (χ1v) is 10.1. The third kappa shape index (κ3) is 4.23. The molecule has 158 valence electrons. The number of nitrogens with zero attached hydrogens (tertiary/aromatic N) is 6. The molecule has 8 nitrogen and oxygen atoms in total. The number of pyridine rings is 2. The third-order valence-electron chi connectivity index (χ3n) is 5.26. The number of carbonyl (C=O) groups excluding carboxylic acids is 1. The summed E-state index contributed by atoms with van der Waals surface area (Å²) < 4.78 is 0. The average Bonchev–Trinajstić information content (AvgIpc) is 2.83. The molecule has 0 spiro atoms. The first kappa shape index (κ1) is 20.9. The Labute approximate surface area is 185 Å². The number of hydrogen-bond donors (Lipinski definition) is 1. The van der Waals surface area contributed by atoms with E-state index in [4.69, 9.17) is 5.73 Å². The van der Waals surface area contributed by atoms with Gasteiger partial charge < -0.3 is 10.6 Å². The SMILES string of the molecule is Cc1cc2cc(C(=O)N(Cc3cc(C#N)ccn3)[C@H](C)c3ncccn3)ccc2nc1N. The molecule has 1 atom stereocenters. The summed E-state index contributed by atoms with van der Waals surface area (Å²) in [5.74, 6) is 0.783. The summed E-state index contributed by atoms with van der Waals surface area (Å²) in [5.41, 5.74) is 9.07. The summed E-state index contributed by atoms with van der Waals surface area (Å²) >= 11 is 0. The van der Waals surface area contributed by atoms with Crippen molar-refractivity contribution in [2.24, 2.45) is 0 Å². The van der Waals surface area contributed by atoms with E-state index in [0.717, 1.165) is 16.5 Å². The van der Waals surface area contributed by atoms with Crippen molar-refractivity contribution in [1.82, 2.24) is 24.8 Å². The average molecular weight is 423 g/mol. The van der Waals surface area contributed by atoms with E-state index in [-0.39, 0.29) is 12.5 Å². The number of rotatable bonds is 5. The second kappa shape index (κ2) is 8.78. The molecule has 4 rings (SSSR count). The van der Waals surface area contributed by atoms with Crippen LogP contribution in [0.1, 0.15) is 46.0 Å². The summed E-state index contributed by atoms with van der Waals surface area (Å²) in [7, 11) is 0. The van der Waals surface area contributed by atoms with Crippen LogP contribution >= 0.6 is 0 Å². The first-order chi connectivity index (χ1) is 15.5. The van der Waals surface area contributed by atoms with E-state index in [2.05, 4.69) is 26.0 Å². The molecule has 0 aliphatic heterocycles. The Morgan fingerprint density at radius 1 is 1.12 bits per heavy atom. The Hall–Kier alpha value is -4.38. The van der Waals surface area contributed by atoms with Gasteiger partial charge in [0.15, 0.2) is 0 Å². The minimum atomic E-state index is -0.418. The molecule has 0 saturated carbocycles. The zero-order valence-corrected chi connectivity index (χ0v) is 17.7. The van der Waals surface area contributed by atoms with Crippen molar-refractivity contribution in [2.45, 2.75) is 26.4 Å². The summed E-state index contributed by atoms with van der Waals surface area (Å²) in [5, 5.41) is 10.0. The van der Waals surface area contributed by atoms with E-state index in [1.54, 1.807) is 53.8 Å². The molecule has 0 radical (unpaired) electrons. The topological polar surface area (TPSA) is 122 Å². The molecule has 2 N–H and O–H groups in total. The van der Waals surface area contributed by atoms with Crippen LogP contribution in [0.15, 0.2) is 61.1 Å². The van der Waals surface area contributed by atoms with E-state index in [9.17, 15) is 10.1 Å². The lowest BCUT2D eigenvalue weighted by molar-refractivity contribution is 0.0663. The minimum absolute atomic E-state index is 0.199. The Kier molecular flexibility index (Phi) is 5.73. The molecule has 0 bridgehead atoms. The molecular weight excluding hydrogens is 402 g/mol. The van der Waals surface area contributed by atoms with E-state index in [1.165, 1.54) is 0 Å². The highest BCUT2D eigenvalue weighted by Crippen LogP contribution is 2.25. The van der Waals surface area contributed by atoms with Crippen LogP contribution in [-0.4, -0.2) is 30.7 Å². The first-order valence-electron chi connectivity index (χ1n) is 10.1. The van der Waals surface area contributed by atoms with Crippen LogP contribution in [0.3, 0.4) is 0 Å². The largest absolute Gasteiger partial charge is 0.383 e. The molecule has 3 heterocycles. The number of aryl methyl sites for hydroxylation is 1. The lowest BCUT2D eigenvalue weighted by atomic mass is 10.1. The Balaban J connectivity index is 1.74. The van der Waals surface area contributed by atoms with Crippen molar-refractivity contribution in [3.05, 3.63) is 89.3 Å². The molecule has 0 aliphatic carbocycles. The number of amides is 1.